The van der Waals surface area contributed by atoms with Crippen LogP contribution in [0.1, 0.15) is 26.1 Å². The Labute approximate surface area is 99.0 Å². The van der Waals surface area contributed by atoms with Crippen LogP contribution in [-0.2, 0) is 26.4 Å². The monoisotopic (exact) mass is 267 g/mol. The maximum Gasteiger partial charge on any atom is 0.296 e. The van der Waals surface area contributed by atoms with Gasteiger partial charge in [-0.2, -0.15) is 0 Å². The lowest BCUT2D eigenvalue weighted by atomic mass is 10.0. The quantitative estimate of drug-likeness (QED) is 0.762. The fourth-order valence-electron chi connectivity index (χ4n) is 1.38. The van der Waals surface area contributed by atoms with E-state index in [1.54, 1.807) is 0 Å². The molecule has 1 unspecified atom stereocenters. The molecule has 0 spiro atoms. The number of rotatable bonds is 4. The average Bonchev–Trinajstić information content (AvgIpc) is 2.59. The van der Waals surface area contributed by atoms with Gasteiger partial charge >= 0.3 is 0 Å². The Hall–Kier alpha value is -0.660. The lowest BCUT2D eigenvalue weighted by Gasteiger charge is -2.25. The first-order valence-corrected chi connectivity index (χ1v) is 6.97. The van der Waals surface area contributed by atoms with E-state index in [-0.39, 0.29) is 5.16 Å². The van der Waals surface area contributed by atoms with Crippen LogP contribution in [0.25, 0.3) is 0 Å². The number of ether oxygens (including phenoxy) is 1. The molecule has 0 aromatic carbocycles. The van der Waals surface area contributed by atoms with Crippen molar-refractivity contribution in [1.82, 2.24) is 14.8 Å². The van der Waals surface area contributed by atoms with E-state index in [1.165, 1.54) is 18.7 Å². The Kier molecular flexibility index (Phi) is 3.61. The highest BCUT2D eigenvalue weighted by molar-refractivity contribution is 8.13. The number of hydrogen-bond donors (Lipinski definition) is 0. The van der Waals surface area contributed by atoms with Crippen molar-refractivity contribution in [2.24, 2.45) is 7.05 Å². The molecule has 1 heterocycles. The van der Waals surface area contributed by atoms with Gasteiger partial charge in [-0.1, -0.05) is 6.92 Å². The van der Waals surface area contributed by atoms with Crippen LogP contribution >= 0.6 is 10.7 Å². The second kappa shape index (κ2) is 4.31. The van der Waals surface area contributed by atoms with Gasteiger partial charge in [0.25, 0.3) is 14.2 Å². The zero-order valence-corrected chi connectivity index (χ0v) is 11.1. The molecule has 0 aliphatic heterocycles. The maximum atomic E-state index is 11.2. The van der Waals surface area contributed by atoms with Crippen molar-refractivity contribution in [3.05, 3.63) is 5.82 Å². The molecule has 1 aromatic rings. The third-order valence-corrected chi connectivity index (χ3v) is 3.86. The van der Waals surface area contributed by atoms with E-state index in [9.17, 15) is 8.42 Å². The van der Waals surface area contributed by atoms with E-state index in [0.717, 1.165) is 0 Å². The summed E-state index contributed by atoms with van der Waals surface area (Å²) in [5, 5.41) is 7.11. The summed E-state index contributed by atoms with van der Waals surface area (Å²) in [6.07, 6.45) is 0.637. The van der Waals surface area contributed by atoms with Gasteiger partial charge < -0.3 is 9.30 Å². The van der Waals surface area contributed by atoms with Crippen molar-refractivity contribution in [2.75, 3.05) is 7.11 Å². The number of aromatic nitrogens is 3. The third kappa shape index (κ3) is 2.21. The van der Waals surface area contributed by atoms with E-state index in [1.807, 2.05) is 13.8 Å². The Balaban J connectivity index is 3.35. The molecule has 0 amide bonds. The smallest absolute Gasteiger partial charge is 0.296 e. The summed E-state index contributed by atoms with van der Waals surface area (Å²) in [5.74, 6) is 0.428. The summed E-state index contributed by atoms with van der Waals surface area (Å²) in [6.45, 7) is 3.72. The molecule has 0 aliphatic carbocycles. The highest BCUT2D eigenvalue weighted by Crippen LogP contribution is 2.27. The Morgan fingerprint density at radius 2 is 2.06 bits per heavy atom. The number of halogens is 1. The van der Waals surface area contributed by atoms with Crippen LogP contribution in [0.5, 0.6) is 0 Å². The Morgan fingerprint density at radius 1 is 1.50 bits per heavy atom. The van der Waals surface area contributed by atoms with E-state index >= 15 is 0 Å². The third-order valence-electron chi connectivity index (χ3n) is 2.65. The van der Waals surface area contributed by atoms with Gasteiger partial charge in [-0.3, -0.25) is 0 Å². The molecule has 0 aliphatic rings. The minimum Gasteiger partial charge on any atom is -0.371 e. The number of methoxy groups -OCH3 is 1. The lowest BCUT2D eigenvalue weighted by molar-refractivity contribution is -0.0117. The van der Waals surface area contributed by atoms with Gasteiger partial charge in [0.1, 0.15) is 5.60 Å². The van der Waals surface area contributed by atoms with Crippen molar-refractivity contribution < 1.29 is 13.2 Å². The van der Waals surface area contributed by atoms with Gasteiger partial charge in [0.05, 0.1) is 0 Å². The number of hydrogen-bond acceptors (Lipinski definition) is 5. The Bertz CT molecular complexity index is 479. The second-order valence-electron chi connectivity index (χ2n) is 3.59. The Morgan fingerprint density at radius 3 is 2.38 bits per heavy atom. The summed E-state index contributed by atoms with van der Waals surface area (Å²) < 4.78 is 29.0. The van der Waals surface area contributed by atoms with Gasteiger partial charge in [0.15, 0.2) is 5.82 Å². The second-order valence-corrected chi connectivity index (χ2v) is 6.05. The summed E-state index contributed by atoms with van der Waals surface area (Å²) in [4.78, 5) is 0. The SMILES string of the molecule is CCC(C)(OC)c1nnc(S(=O)(=O)Cl)n1C. The zero-order chi connectivity index (χ0) is 12.6. The van der Waals surface area contributed by atoms with E-state index in [2.05, 4.69) is 10.2 Å². The van der Waals surface area contributed by atoms with Crippen LogP contribution in [0.2, 0.25) is 0 Å². The molecule has 16 heavy (non-hydrogen) atoms. The average molecular weight is 268 g/mol. The van der Waals surface area contributed by atoms with Crippen molar-refractivity contribution in [1.29, 1.82) is 0 Å². The van der Waals surface area contributed by atoms with Crippen molar-refractivity contribution in [3.63, 3.8) is 0 Å². The first-order chi connectivity index (χ1) is 7.26. The van der Waals surface area contributed by atoms with Crippen LogP contribution in [0.4, 0.5) is 0 Å². The molecule has 0 N–H and O–H groups in total. The van der Waals surface area contributed by atoms with E-state index in [0.29, 0.717) is 12.2 Å². The minimum atomic E-state index is -3.88. The molecule has 0 bridgehead atoms. The first kappa shape index (κ1) is 13.4. The molecule has 0 fully saturated rings. The highest BCUT2D eigenvalue weighted by Gasteiger charge is 2.32. The minimum absolute atomic E-state index is 0.277. The van der Waals surface area contributed by atoms with Gasteiger partial charge in [-0.05, 0) is 13.3 Å². The van der Waals surface area contributed by atoms with Gasteiger partial charge in [-0.25, -0.2) is 8.42 Å². The van der Waals surface area contributed by atoms with Crippen LogP contribution in [0, 0.1) is 0 Å². The van der Waals surface area contributed by atoms with Gasteiger partial charge in [0.2, 0.25) is 0 Å². The summed E-state index contributed by atoms with van der Waals surface area (Å²) in [6, 6.07) is 0. The largest absolute Gasteiger partial charge is 0.371 e. The van der Waals surface area contributed by atoms with Crippen molar-refractivity contribution in [2.45, 2.75) is 31.0 Å². The zero-order valence-electron chi connectivity index (χ0n) is 9.56. The van der Waals surface area contributed by atoms with Crippen LogP contribution < -0.4 is 0 Å². The summed E-state index contributed by atoms with van der Waals surface area (Å²) in [5.41, 5.74) is -0.679. The van der Waals surface area contributed by atoms with Crippen LogP contribution in [0.15, 0.2) is 5.16 Å². The molecular weight excluding hydrogens is 254 g/mol. The van der Waals surface area contributed by atoms with Gasteiger partial charge in [0, 0.05) is 24.8 Å². The predicted molar refractivity (Wildman–Crippen MR) is 58.7 cm³/mol. The lowest BCUT2D eigenvalue weighted by Crippen LogP contribution is -2.27. The van der Waals surface area contributed by atoms with E-state index in [4.69, 9.17) is 15.4 Å². The molecule has 6 nitrogen and oxygen atoms in total. The standard InChI is InChI=1S/C8H14ClN3O3S/c1-5-8(2,15-4)6-10-11-7(12(6)3)16(9,13)14/h5H2,1-4H3. The normalized spacial score (nSPS) is 16.1. The van der Waals surface area contributed by atoms with Gasteiger partial charge in [-0.15, -0.1) is 10.2 Å². The van der Waals surface area contributed by atoms with Crippen molar-refractivity contribution >= 4 is 19.7 Å². The molecule has 8 heteroatoms. The van der Waals surface area contributed by atoms with Crippen LogP contribution in [0.3, 0.4) is 0 Å². The van der Waals surface area contributed by atoms with E-state index < -0.39 is 14.7 Å². The fraction of sp³-hybridized carbons (Fsp3) is 0.750. The molecule has 0 saturated heterocycles. The number of nitrogens with zero attached hydrogens (tertiary/aromatic N) is 3. The molecule has 0 radical (unpaired) electrons. The molecule has 92 valence electrons. The predicted octanol–water partition coefficient (Wildman–Crippen LogP) is 1.01. The summed E-state index contributed by atoms with van der Waals surface area (Å²) in [7, 11) is 4.41. The molecule has 1 atom stereocenters. The van der Waals surface area contributed by atoms with Crippen LogP contribution in [-0.4, -0.2) is 30.3 Å². The van der Waals surface area contributed by atoms with Crippen molar-refractivity contribution in [3.8, 4) is 0 Å². The molecule has 0 saturated carbocycles. The highest BCUT2D eigenvalue weighted by atomic mass is 35.7. The summed E-state index contributed by atoms with van der Waals surface area (Å²) >= 11 is 0. The molecular formula is C8H14ClN3O3S. The topological polar surface area (TPSA) is 74.1 Å². The first-order valence-electron chi connectivity index (χ1n) is 4.66. The maximum absolute atomic E-state index is 11.2. The fourth-order valence-corrected chi connectivity index (χ4v) is 2.34. The molecule has 1 rings (SSSR count). The molecule has 1 aromatic heterocycles.